The fourth-order valence-electron chi connectivity index (χ4n) is 3.02. The summed E-state index contributed by atoms with van der Waals surface area (Å²) in [5.74, 6) is 0. The van der Waals surface area contributed by atoms with Crippen LogP contribution in [-0.4, -0.2) is 57.0 Å². The molecule has 2 saturated heterocycles. The van der Waals surface area contributed by atoms with Crippen LogP contribution < -0.4 is 24.0 Å². The molecule has 2 rings (SSSR count). The highest BCUT2D eigenvalue weighted by atomic mass is 127. The summed E-state index contributed by atoms with van der Waals surface area (Å²) in [6.45, 7) is 7.00. The van der Waals surface area contributed by atoms with Crippen LogP contribution in [0.5, 0.6) is 0 Å². The summed E-state index contributed by atoms with van der Waals surface area (Å²) in [4.78, 5) is 0. The number of unbranched alkanes of at least 4 members (excludes halogenated alkanes) is 5. The summed E-state index contributed by atoms with van der Waals surface area (Å²) in [6.07, 6.45) is 7.89. The summed E-state index contributed by atoms with van der Waals surface area (Å²) < 4.78 is 18.1. The van der Waals surface area contributed by atoms with Gasteiger partial charge in [-0.1, -0.05) is 39.0 Å². The Bertz CT molecular complexity index is 266. The Hall–Kier alpha value is 0.570. The lowest BCUT2D eigenvalue weighted by atomic mass is 10.0. The van der Waals surface area contributed by atoms with E-state index in [-0.39, 0.29) is 29.5 Å². The lowest BCUT2D eigenvalue weighted by Gasteiger charge is -2.35. The monoisotopic (exact) mass is 399 g/mol. The zero-order chi connectivity index (χ0) is 13.6. The Kier molecular flexibility index (Phi) is 8.27. The quantitative estimate of drug-likeness (QED) is 0.298. The molecule has 0 spiro atoms. The predicted octanol–water partition coefficient (Wildman–Crippen LogP) is -0.472. The summed E-state index contributed by atoms with van der Waals surface area (Å²) in [5, 5.41) is 0. The molecule has 120 valence electrons. The number of hydrogen-bond acceptors (Lipinski definition) is 3. The van der Waals surface area contributed by atoms with E-state index in [1.54, 1.807) is 0 Å². The van der Waals surface area contributed by atoms with Crippen LogP contribution in [0.2, 0.25) is 0 Å². The van der Waals surface area contributed by atoms with Crippen molar-refractivity contribution in [2.75, 3.05) is 46.9 Å². The summed E-state index contributed by atoms with van der Waals surface area (Å²) in [5.41, 5.74) is 0.0577. The van der Waals surface area contributed by atoms with Gasteiger partial charge in [-0.15, -0.1) is 0 Å². The van der Waals surface area contributed by atoms with Crippen molar-refractivity contribution in [3.8, 4) is 0 Å². The van der Waals surface area contributed by atoms with E-state index in [9.17, 15) is 0 Å². The normalized spacial score (nSPS) is 32.1. The van der Waals surface area contributed by atoms with Crippen molar-refractivity contribution in [3.63, 3.8) is 0 Å². The molecule has 0 unspecified atom stereocenters. The molecular weight excluding hydrogens is 369 g/mol. The molecule has 0 aromatic heterocycles. The van der Waals surface area contributed by atoms with Crippen LogP contribution in [0.15, 0.2) is 0 Å². The molecule has 20 heavy (non-hydrogen) atoms. The van der Waals surface area contributed by atoms with Crippen LogP contribution in [0.3, 0.4) is 0 Å². The molecule has 2 heterocycles. The van der Waals surface area contributed by atoms with Crippen molar-refractivity contribution in [2.45, 2.75) is 51.0 Å². The molecule has 0 bridgehead atoms. The Morgan fingerprint density at radius 2 is 1.60 bits per heavy atom. The predicted molar refractivity (Wildman–Crippen MR) is 74.7 cm³/mol. The standard InChI is InChI=1S/C15H30NO3.HI/c1-3-4-5-6-7-8-9-17-10-15-11-18-13-16(15,2)14-19-12-15;/h3-14H2,1-2H3;1H/q+1;/p-1. The lowest BCUT2D eigenvalue weighted by molar-refractivity contribution is -0.946. The maximum absolute atomic E-state index is 5.92. The number of quaternary nitrogens is 1. The van der Waals surface area contributed by atoms with E-state index in [2.05, 4.69) is 14.0 Å². The lowest BCUT2D eigenvalue weighted by Crippen LogP contribution is -3.00. The SMILES string of the molecule is CCCCCCCCOCC12COC[N+]1(C)COC2.[I-]. The van der Waals surface area contributed by atoms with Crippen molar-refractivity contribution >= 4 is 0 Å². The van der Waals surface area contributed by atoms with E-state index >= 15 is 0 Å². The van der Waals surface area contributed by atoms with Crippen LogP contribution in [0, 0.1) is 0 Å². The first-order valence-corrected chi connectivity index (χ1v) is 7.80. The molecule has 0 radical (unpaired) electrons. The smallest absolute Gasteiger partial charge is 0.185 e. The van der Waals surface area contributed by atoms with Gasteiger partial charge in [-0.3, -0.25) is 4.48 Å². The van der Waals surface area contributed by atoms with Crippen LogP contribution in [0.1, 0.15) is 45.4 Å². The molecule has 2 aliphatic heterocycles. The Balaban J connectivity index is 0.00000200. The average molecular weight is 399 g/mol. The van der Waals surface area contributed by atoms with Gasteiger partial charge in [0.05, 0.1) is 7.05 Å². The molecule has 0 aliphatic carbocycles. The second kappa shape index (κ2) is 8.88. The topological polar surface area (TPSA) is 27.7 Å². The molecule has 5 heteroatoms. The Labute approximate surface area is 140 Å². The first-order chi connectivity index (χ1) is 9.22. The number of nitrogens with zero attached hydrogens (tertiary/aromatic N) is 1. The second-order valence-corrected chi connectivity index (χ2v) is 6.40. The first-order valence-electron chi connectivity index (χ1n) is 7.80. The van der Waals surface area contributed by atoms with Gasteiger partial charge < -0.3 is 38.2 Å². The maximum atomic E-state index is 5.92. The molecule has 0 saturated carbocycles. The van der Waals surface area contributed by atoms with Crippen LogP contribution in [-0.2, 0) is 14.2 Å². The van der Waals surface area contributed by atoms with E-state index < -0.39 is 0 Å². The van der Waals surface area contributed by atoms with Crippen molar-refractivity contribution in [1.82, 2.24) is 0 Å². The molecule has 0 aromatic carbocycles. The highest BCUT2D eigenvalue weighted by Gasteiger charge is 2.58. The zero-order valence-corrected chi connectivity index (χ0v) is 15.2. The summed E-state index contributed by atoms with van der Waals surface area (Å²) in [7, 11) is 2.22. The largest absolute Gasteiger partial charge is 1.00 e. The van der Waals surface area contributed by atoms with E-state index in [1.807, 2.05) is 0 Å². The van der Waals surface area contributed by atoms with Gasteiger partial charge in [0, 0.05) is 6.61 Å². The molecule has 0 aromatic rings. The van der Waals surface area contributed by atoms with Gasteiger partial charge in [0.25, 0.3) is 0 Å². The average Bonchev–Trinajstić information content (AvgIpc) is 2.85. The third-order valence-electron chi connectivity index (χ3n) is 4.65. The minimum atomic E-state index is 0. The Morgan fingerprint density at radius 3 is 2.25 bits per heavy atom. The number of halogens is 1. The third kappa shape index (κ3) is 4.29. The molecule has 2 aliphatic rings. The van der Waals surface area contributed by atoms with Crippen LogP contribution in [0.25, 0.3) is 0 Å². The van der Waals surface area contributed by atoms with E-state index in [0.717, 1.165) is 44.4 Å². The van der Waals surface area contributed by atoms with Gasteiger partial charge in [0.1, 0.15) is 19.8 Å². The molecule has 0 amide bonds. The first kappa shape index (κ1) is 18.6. The summed E-state index contributed by atoms with van der Waals surface area (Å²) in [6, 6.07) is 0. The molecule has 0 N–H and O–H groups in total. The summed E-state index contributed by atoms with van der Waals surface area (Å²) >= 11 is 0. The van der Waals surface area contributed by atoms with Gasteiger partial charge in [-0.25, -0.2) is 0 Å². The Morgan fingerprint density at radius 1 is 1.00 bits per heavy atom. The fraction of sp³-hybridized carbons (Fsp3) is 1.00. The highest BCUT2D eigenvalue weighted by molar-refractivity contribution is 4.86. The second-order valence-electron chi connectivity index (χ2n) is 6.40. The number of rotatable bonds is 9. The van der Waals surface area contributed by atoms with Crippen LogP contribution >= 0.6 is 0 Å². The van der Waals surface area contributed by atoms with E-state index in [4.69, 9.17) is 14.2 Å². The minimum Gasteiger partial charge on any atom is -1.00 e. The maximum Gasteiger partial charge on any atom is 0.185 e. The minimum absolute atomic E-state index is 0. The molecule has 4 nitrogen and oxygen atoms in total. The number of fused-ring (bicyclic) bond motifs is 1. The van der Waals surface area contributed by atoms with Crippen molar-refractivity contribution < 1.29 is 42.7 Å². The third-order valence-corrected chi connectivity index (χ3v) is 4.65. The van der Waals surface area contributed by atoms with Gasteiger partial charge in [0.2, 0.25) is 0 Å². The molecule has 2 fully saturated rings. The molecular formula is C15H30INO3. The van der Waals surface area contributed by atoms with Gasteiger partial charge >= 0.3 is 0 Å². The van der Waals surface area contributed by atoms with Gasteiger partial charge in [-0.2, -0.15) is 0 Å². The zero-order valence-electron chi connectivity index (χ0n) is 13.0. The fourth-order valence-corrected chi connectivity index (χ4v) is 3.02. The van der Waals surface area contributed by atoms with Crippen LogP contribution in [0.4, 0.5) is 0 Å². The van der Waals surface area contributed by atoms with Crippen molar-refractivity contribution in [1.29, 1.82) is 0 Å². The van der Waals surface area contributed by atoms with E-state index in [1.165, 1.54) is 38.5 Å². The van der Waals surface area contributed by atoms with Crippen molar-refractivity contribution in [3.05, 3.63) is 0 Å². The number of likely N-dealkylation sites (N-methyl/N-ethyl adjacent to an activating group) is 1. The number of ether oxygens (including phenoxy) is 3. The van der Waals surface area contributed by atoms with E-state index in [0.29, 0.717) is 0 Å². The van der Waals surface area contributed by atoms with Crippen molar-refractivity contribution in [2.24, 2.45) is 0 Å². The van der Waals surface area contributed by atoms with Gasteiger partial charge in [-0.05, 0) is 6.42 Å². The van der Waals surface area contributed by atoms with Gasteiger partial charge in [0.15, 0.2) is 19.0 Å². The number of hydrogen-bond donors (Lipinski definition) is 0. The molecule has 0 atom stereocenters. The highest BCUT2D eigenvalue weighted by Crippen LogP contribution is 2.35.